The first-order chi connectivity index (χ1) is 17.8. The predicted octanol–water partition coefficient (Wildman–Crippen LogP) is 8.54. The molecule has 2 heteroatoms. The third kappa shape index (κ3) is 6.43. The molecule has 4 rings (SSSR count). The van der Waals surface area contributed by atoms with E-state index < -0.39 is 0 Å². The van der Waals surface area contributed by atoms with Crippen molar-refractivity contribution in [1.82, 2.24) is 0 Å². The van der Waals surface area contributed by atoms with E-state index in [9.17, 15) is 0 Å². The van der Waals surface area contributed by atoms with Gasteiger partial charge in [0.2, 0.25) is 0 Å². The fourth-order valence-corrected chi connectivity index (χ4v) is 5.44. The first-order valence-electron chi connectivity index (χ1n) is 13.7. The SMILES string of the molecule is CCCCCC(C)(c1ccc(Cc2ccc(N)cc2C)cc1)c1ccc(Cc2ccc(N)cc2C)cc1. The van der Waals surface area contributed by atoms with Crippen LogP contribution in [0.3, 0.4) is 0 Å². The number of aryl methyl sites for hydroxylation is 2. The van der Waals surface area contributed by atoms with Crippen LogP contribution in [0, 0.1) is 13.8 Å². The van der Waals surface area contributed by atoms with Gasteiger partial charge in [-0.05, 0) is 102 Å². The van der Waals surface area contributed by atoms with Crippen LogP contribution in [-0.4, -0.2) is 0 Å². The number of nitrogen functional groups attached to an aromatic ring is 2. The third-order valence-corrected chi connectivity index (χ3v) is 7.98. The summed E-state index contributed by atoms with van der Waals surface area (Å²) in [5.41, 5.74) is 24.2. The standard InChI is InChI=1S/C35H42N2/c1-5-6-7-20-35(4,31-14-8-27(9-15-31)23-29-12-18-33(36)21-25(29)2)32-16-10-28(11-17-32)24-30-13-19-34(37)22-26(30)3/h8-19,21-22H,5-7,20,23-24,36-37H2,1-4H3. The Labute approximate surface area is 223 Å². The molecule has 0 fully saturated rings. The molecule has 2 nitrogen and oxygen atoms in total. The van der Waals surface area contributed by atoms with Crippen LogP contribution in [0.4, 0.5) is 11.4 Å². The maximum atomic E-state index is 5.95. The molecule has 0 radical (unpaired) electrons. The molecule has 4 aromatic rings. The lowest BCUT2D eigenvalue weighted by atomic mass is 9.72. The van der Waals surface area contributed by atoms with E-state index in [0.29, 0.717) is 0 Å². The normalized spacial score (nSPS) is 11.6. The molecule has 4 aromatic carbocycles. The summed E-state index contributed by atoms with van der Waals surface area (Å²) in [6.45, 7) is 8.98. The second-order valence-corrected chi connectivity index (χ2v) is 10.9. The lowest BCUT2D eigenvalue weighted by Crippen LogP contribution is -2.24. The molecule has 0 aliphatic heterocycles. The molecule has 0 saturated carbocycles. The Kier molecular flexibility index (Phi) is 8.38. The average Bonchev–Trinajstić information content (AvgIpc) is 2.88. The zero-order chi connectivity index (χ0) is 26.4. The summed E-state index contributed by atoms with van der Waals surface area (Å²) < 4.78 is 0. The minimum Gasteiger partial charge on any atom is -0.399 e. The van der Waals surface area contributed by atoms with Crippen molar-refractivity contribution in [2.45, 2.75) is 71.6 Å². The second-order valence-electron chi connectivity index (χ2n) is 10.9. The van der Waals surface area contributed by atoms with Crippen LogP contribution < -0.4 is 11.5 Å². The van der Waals surface area contributed by atoms with Crippen molar-refractivity contribution in [2.75, 3.05) is 11.5 Å². The molecule has 0 aromatic heterocycles. The van der Waals surface area contributed by atoms with E-state index in [1.165, 1.54) is 63.8 Å². The van der Waals surface area contributed by atoms with E-state index in [4.69, 9.17) is 11.5 Å². The highest BCUT2D eigenvalue weighted by molar-refractivity contribution is 5.48. The molecule has 0 aliphatic carbocycles. The van der Waals surface area contributed by atoms with Crippen LogP contribution in [0.1, 0.15) is 84.0 Å². The van der Waals surface area contributed by atoms with Crippen LogP contribution in [0.25, 0.3) is 0 Å². The van der Waals surface area contributed by atoms with Gasteiger partial charge in [-0.25, -0.2) is 0 Å². The van der Waals surface area contributed by atoms with Gasteiger partial charge < -0.3 is 11.5 Å². The van der Waals surface area contributed by atoms with Gasteiger partial charge in [0.1, 0.15) is 0 Å². The van der Waals surface area contributed by atoms with Crippen molar-refractivity contribution in [3.8, 4) is 0 Å². The number of benzene rings is 4. The van der Waals surface area contributed by atoms with E-state index in [1.807, 2.05) is 12.1 Å². The fourth-order valence-electron chi connectivity index (χ4n) is 5.44. The van der Waals surface area contributed by atoms with Crippen molar-refractivity contribution in [2.24, 2.45) is 0 Å². The van der Waals surface area contributed by atoms with Gasteiger partial charge in [0.15, 0.2) is 0 Å². The summed E-state index contributed by atoms with van der Waals surface area (Å²) in [4.78, 5) is 0. The molecule has 0 aliphatic rings. The topological polar surface area (TPSA) is 52.0 Å². The van der Waals surface area contributed by atoms with Gasteiger partial charge in [-0.3, -0.25) is 0 Å². The van der Waals surface area contributed by atoms with Gasteiger partial charge in [0, 0.05) is 16.8 Å². The molecule has 4 N–H and O–H groups in total. The maximum absolute atomic E-state index is 5.95. The average molecular weight is 491 g/mol. The fraction of sp³-hybridized carbons (Fsp3) is 0.314. The summed E-state index contributed by atoms with van der Waals surface area (Å²) in [7, 11) is 0. The van der Waals surface area contributed by atoms with Gasteiger partial charge in [0.25, 0.3) is 0 Å². The minimum atomic E-state index is -0.0134. The van der Waals surface area contributed by atoms with Crippen LogP contribution in [0.5, 0.6) is 0 Å². The van der Waals surface area contributed by atoms with Crippen LogP contribution >= 0.6 is 0 Å². The molecule has 0 heterocycles. The highest BCUT2D eigenvalue weighted by Crippen LogP contribution is 2.38. The number of hydrogen-bond donors (Lipinski definition) is 2. The minimum absolute atomic E-state index is 0.0134. The van der Waals surface area contributed by atoms with Crippen molar-refractivity contribution in [3.05, 3.63) is 129 Å². The van der Waals surface area contributed by atoms with E-state index >= 15 is 0 Å². The molecular weight excluding hydrogens is 448 g/mol. The van der Waals surface area contributed by atoms with E-state index in [-0.39, 0.29) is 5.41 Å². The Morgan fingerprint density at radius 2 is 1.03 bits per heavy atom. The number of rotatable bonds is 10. The molecule has 0 atom stereocenters. The zero-order valence-electron chi connectivity index (χ0n) is 23.0. The first-order valence-corrected chi connectivity index (χ1v) is 13.7. The van der Waals surface area contributed by atoms with Gasteiger partial charge in [-0.2, -0.15) is 0 Å². The van der Waals surface area contributed by atoms with E-state index in [0.717, 1.165) is 30.6 Å². The van der Waals surface area contributed by atoms with Crippen LogP contribution in [-0.2, 0) is 18.3 Å². The van der Waals surface area contributed by atoms with E-state index in [2.05, 4.69) is 100 Å². The van der Waals surface area contributed by atoms with Gasteiger partial charge in [-0.15, -0.1) is 0 Å². The highest BCUT2D eigenvalue weighted by atomic mass is 14.5. The summed E-state index contributed by atoms with van der Waals surface area (Å²) in [6.07, 6.45) is 6.73. The summed E-state index contributed by atoms with van der Waals surface area (Å²) in [6, 6.07) is 31.0. The monoisotopic (exact) mass is 490 g/mol. The predicted molar refractivity (Wildman–Crippen MR) is 160 cm³/mol. The number of anilines is 2. The van der Waals surface area contributed by atoms with Crippen LogP contribution in [0.2, 0.25) is 0 Å². The largest absolute Gasteiger partial charge is 0.399 e. The zero-order valence-corrected chi connectivity index (χ0v) is 23.0. The molecular formula is C35H42N2. The number of unbranched alkanes of at least 4 members (excludes halogenated alkanes) is 2. The smallest absolute Gasteiger partial charge is 0.0316 e. The Morgan fingerprint density at radius 1 is 0.595 bits per heavy atom. The Morgan fingerprint density at radius 3 is 1.41 bits per heavy atom. The van der Waals surface area contributed by atoms with Gasteiger partial charge in [0.05, 0.1) is 0 Å². The van der Waals surface area contributed by atoms with Gasteiger partial charge in [-0.1, -0.05) is 93.8 Å². The summed E-state index contributed by atoms with van der Waals surface area (Å²) in [5.74, 6) is 0. The maximum Gasteiger partial charge on any atom is 0.0316 e. The summed E-state index contributed by atoms with van der Waals surface area (Å²) in [5, 5.41) is 0. The molecule has 0 spiro atoms. The third-order valence-electron chi connectivity index (χ3n) is 7.98. The van der Waals surface area contributed by atoms with Crippen molar-refractivity contribution < 1.29 is 0 Å². The highest BCUT2D eigenvalue weighted by Gasteiger charge is 2.28. The number of hydrogen-bond acceptors (Lipinski definition) is 2. The van der Waals surface area contributed by atoms with Crippen molar-refractivity contribution >= 4 is 11.4 Å². The molecule has 0 bridgehead atoms. The second kappa shape index (κ2) is 11.7. The molecule has 37 heavy (non-hydrogen) atoms. The van der Waals surface area contributed by atoms with Gasteiger partial charge >= 0.3 is 0 Å². The van der Waals surface area contributed by atoms with Crippen molar-refractivity contribution in [3.63, 3.8) is 0 Å². The Balaban J connectivity index is 1.57. The molecule has 0 unspecified atom stereocenters. The number of nitrogens with two attached hydrogens (primary N) is 2. The molecule has 0 saturated heterocycles. The van der Waals surface area contributed by atoms with E-state index in [1.54, 1.807) is 0 Å². The lowest BCUT2D eigenvalue weighted by Gasteiger charge is -2.32. The molecule has 0 amide bonds. The lowest BCUT2D eigenvalue weighted by molar-refractivity contribution is 0.483. The Bertz CT molecular complexity index is 1220. The van der Waals surface area contributed by atoms with Crippen molar-refractivity contribution in [1.29, 1.82) is 0 Å². The first kappa shape index (κ1) is 26.5. The molecule has 192 valence electrons. The summed E-state index contributed by atoms with van der Waals surface area (Å²) >= 11 is 0. The quantitative estimate of drug-likeness (QED) is 0.173. The Hall–Kier alpha value is -3.52. The van der Waals surface area contributed by atoms with Crippen LogP contribution in [0.15, 0.2) is 84.9 Å².